The summed E-state index contributed by atoms with van der Waals surface area (Å²) >= 11 is 1.60. The quantitative estimate of drug-likeness (QED) is 0.801. The van der Waals surface area contributed by atoms with Gasteiger partial charge in [0.2, 0.25) is 5.95 Å². The monoisotopic (exact) mass is 278 g/mol. The van der Waals surface area contributed by atoms with Crippen molar-refractivity contribution in [2.24, 2.45) is 0 Å². The molecule has 0 unspecified atom stereocenters. The number of anilines is 2. The molecule has 0 radical (unpaired) electrons. The van der Waals surface area contributed by atoms with Crippen molar-refractivity contribution in [1.82, 2.24) is 9.97 Å². The summed E-state index contributed by atoms with van der Waals surface area (Å²) in [5, 5.41) is 19.2. The van der Waals surface area contributed by atoms with E-state index < -0.39 is 0 Å². The summed E-state index contributed by atoms with van der Waals surface area (Å²) in [6.07, 6.45) is 4.30. The van der Waals surface area contributed by atoms with Crippen molar-refractivity contribution in [3.8, 4) is 0 Å². The van der Waals surface area contributed by atoms with E-state index in [2.05, 4.69) is 20.6 Å². The number of rotatable bonds is 4. The molecule has 2 aromatic heterocycles. The minimum atomic E-state index is -0.214. The Bertz CT molecular complexity index is 577. The Balaban J connectivity index is 2.01. The van der Waals surface area contributed by atoms with Gasteiger partial charge in [-0.05, 0) is 24.3 Å². The zero-order valence-electron chi connectivity index (χ0n) is 10.9. The number of hydrogen-bond donors (Lipinski definition) is 3. The number of nitrogens with zero attached hydrogens (tertiary/aromatic N) is 2. The van der Waals surface area contributed by atoms with Gasteiger partial charge < -0.3 is 15.7 Å². The third kappa shape index (κ3) is 2.26. The van der Waals surface area contributed by atoms with Crippen LogP contribution in [0.15, 0.2) is 11.4 Å². The molecule has 2 aromatic rings. The van der Waals surface area contributed by atoms with E-state index >= 15 is 0 Å². The van der Waals surface area contributed by atoms with Crippen molar-refractivity contribution < 1.29 is 5.11 Å². The van der Waals surface area contributed by atoms with Crippen LogP contribution in [0.25, 0.3) is 10.2 Å². The highest BCUT2D eigenvalue weighted by molar-refractivity contribution is 7.16. The molecule has 1 aliphatic rings. The number of fused-ring (bicyclic) bond motifs is 1. The summed E-state index contributed by atoms with van der Waals surface area (Å²) in [5.41, 5.74) is -0.214. The lowest BCUT2D eigenvalue weighted by Crippen LogP contribution is -2.39. The molecule has 5 nitrogen and oxygen atoms in total. The number of aliphatic hydroxyl groups excluding tert-OH is 1. The highest BCUT2D eigenvalue weighted by Gasteiger charge is 2.34. The second kappa shape index (κ2) is 4.94. The topological polar surface area (TPSA) is 70.1 Å². The fourth-order valence-electron chi connectivity index (χ4n) is 2.69. The molecule has 0 amide bonds. The molecule has 3 N–H and O–H groups in total. The number of aromatic nitrogens is 2. The Morgan fingerprint density at radius 2 is 2.16 bits per heavy atom. The van der Waals surface area contributed by atoms with Crippen LogP contribution < -0.4 is 10.6 Å². The first-order valence-electron chi connectivity index (χ1n) is 6.58. The van der Waals surface area contributed by atoms with Crippen molar-refractivity contribution in [3.05, 3.63) is 11.4 Å². The van der Waals surface area contributed by atoms with E-state index in [4.69, 9.17) is 0 Å². The van der Waals surface area contributed by atoms with Gasteiger partial charge in [-0.1, -0.05) is 12.8 Å². The van der Waals surface area contributed by atoms with Crippen LogP contribution in [0.5, 0.6) is 0 Å². The molecular formula is C13H18N4OS. The molecule has 1 aliphatic carbocycles. The van der Waals surface area contributed by atoms with Gasteiger partial charge in [0.25, 0.3) is 0 Å². The minimum Gasteiger partial charge on any atom is -0.394 e. The van der Waals surface area contributed by atoms with Gasteiger partial charge in [0.1, 0.15) is 10.6 Å². The van der Waals surface area contributed by atoms with E-state index in [0.29, 0.717) is 5.95 Å². The Kier molecular flexibility index (Phi) is 3.28. The van der Waals surface area contributed by atoms with Gasteiger partial charge in [0, 0.05) is 7.05 Å². The first kappa shape index (κ1) is 12.6. The molecule has 0 saturated heterocycles. The predicted molar refractivity (Wildman–Crippen MR) is 78.9 cm³/mol. The average Bonchev–Trinajstić information content (AvgIpc) is 3.07. The smallest absolute Gasteiger partial charge is 0.225 e. The Morgan fingerprint density at radius 3 is 2.84 bits per heavy atom. The molecule has 0 bridgehead atoms. The van der Waals surface area contributed by atoms with E-state index in [1.807, 2.05) is 18.5 Å². The van der Waals surface area contributed by atoms with Gasteiger partial charge in [-0.25, -0.2) is 4.98 Å². The van der Waals surface area contributed by atoms with Crippen LogP contribution in [0, 0.1) is 0 Å². The molecule has 102 valence electrons. The lowest BCUT2D eigenvalue weighted by molar-refractivity contribution is 0.214. The summed E-state index contributed by atoms with van der Waals surface area (Å²) < 4.78 is 0. The first-order chi connectivity index (χ1) is 9.26. The number of hydrogen-bond acceptors (Lipinski definition) is 6. The van der Waals surface area contributed by atoms with Crippen molar-refractivity contribution >= 4 is 33.3 Å². The largest absolute Gasteiger partial charge is 0.394 e. The van der Waals surface area contributed by atoms with Crippen molar-refractivity contribution in [3.63, 3.8) is 0 Å². The Morgan fingerprint density at radius 1 is 1.37 bits per heavy atom. The van der Waals surface area contributed by atoms with Crippen molar-refractivity contribution in [2.45, 2.75) is 31.2 Å². The van der Waals surface area contributed by atoms with E-state index in [9.17, 15) is 5.11 Å². The Labute approximate surface area is 116 Å². The molecule has 19 heavy (non-hydrogen) atoms. The normalized spacial score (nSPS) is 17.8. The third-order valence-electron chi connectivity index (χ3n) is 3.80. The van der Waals surface area contributed by atoms with E-state index in [1.54, 1.807) is 11.3 Å². The van der Waals surface area contributed by atoms with Crippen LogP contribution in [0.3, 0.4) is 0 Å². The van der Waals surface area contributed by atoms with Gasteiger partial charge in [-0.2, -0.15) is 4.98 Å². The summed E-state index contributed by atoms with van der Waals surface area (Å²) in [5.74, 6) is 1.44. The summed E-state index contributed by atoms with van der Waals surface area (Å²) in [6, 6.07) is 2.03. The molecule has 2 heterocycles. The SMILES string of the molecule is CNc1nc(NC2(CO)CCCC2)c2ccsc2n1. The molecule has 0 atom stereocenters. The molecule has 1 fully saturated rings. The van der Waals surface area contributed by atoms with E-state index in [1.165, 1.54) is 0 Å². The second-order valence-electron chi connectivity index (χ2n) is 5.06. The molecule has 6 heteroatoms. The maximum atomic E-state index is 9.71. The van der Waals surface area contributed by atoms with Crippen LogP contribution in [0.1, 0.15) is 25.7 Å². The molecular weight excluding hydrogens is 260 g/mol. The van der Waals surface area contributed by atoms with Crippen LogP contribution in [0.4, 0.5) is 11.8 Å². The highest BCUT2D eigenvalue weighted by Crippen LogP contribution is 2.35. The Hall–Kier alpha value is -1.40. The van der Waals surface area contributed by atoms with Crippen LogP contribution in [0.2, 0.25) is 0 Å². The number of nitrogens with one attached hydrogen (secondary N) is 2. The number of thiophene rings is 1. The number of aliphatic hydroxyl groups is 1. The van der Waals surface area contributed by atoms with Gasteiger partial charge >= 0.3 is 0 Å². The van der Waals surface area contributed by atoms with Crippen LogP contribution in [-0.2, 0) is 0 Å². The lowest BCUT2D eigenvalue weighted by atomic mass is 9.99. The van der Waals surface area contributed by atoms with Gasteiger partial charge in [0.05, 0.1) is 17.5 Å². The maximum absolute atomic E-state index is 9.71. The standard InChI is InChI=1S/C13H18N4OS/c1-14-12-15-10(9-4-7-19-11(9)16-12)17-13(8-18)5-2-3-6-13/h4,7,18H,2-3,5-6,8H2,1H3,(H2,14,15,16,17). The zero-order chi connectivity index (χ0) is 13.3. The predicted octanol–water partition coefficient (Wildman–Crippen LogP) is 2.45. The third-order valence-corrected chi connectivity index (χ3v) is 4.60. The molecule has 3 rings (SSSR count). The minimum absolute atomic E-state index is 0.150. The summed E-state index contributed by atoms with van der Waals surface area (Å²) in [4.78, 5) is 9.91. The van der Waals surface area contributed by atoms with E-state index in [-0.39, 0.29) is 12.1 Å². The van der Waals surface area contributed by atoms with Gasteiger partial charge in [-0.3, -0.25) is 0 Å². The average molecular weight is 278 g/mol. The van der Waals surface area contributed by atoms with Crippen molar-refractivity contribution in [2.75, 3.05) is 24.3 Å². The zero-order valence-corrected chi connectivity index (χ0v) is 11.8. The van der Waals surface area contributed by atoms with Gasteiger partial charge in [-0.15, -0.1) is 11.3 Å². The van der Waals surface area contributed by atoms with Gasteiger partial charge in [0.15, 0.2) is 0 Å². The highest BCUT2D eigenvalue weighted by atomic mass is 32.1. The van der Waals surface area contributed by atoms with Crippen molar-refractivity contribution in [1.29, 1.82) is 0 Å². The van der Waals surface area contributed by atoms with E-state index in [0.717, 1.165) is 41.7 Å². The van der Waals surface area contributed by atoms with Crippen LogP contribution >= 0.6 is 11.3 Å². The maximum Gasteiger partial charge on any atom is 0.225 e. The molecule has 0 aliphatic heterocycles. The fourth-order valence-corrected chi connectivity index (χ4v) is 3.45. The lowest BCUT2D eigenvalue weighted by Gasteiger charge is -2.29. The molecule has 0 spiro atoms. The fraction of sp³-hybridized carbons (Fsp3) is 0.538. The molecule has 1 saturated carbocycles. The second-order valence-corrected chi connectivity index (χ2v) is 5.95. The first-order valence-corrected chi connectivity index (χ1v) is 7.46. The summed E-state index contributed by atoms with van der Waals surface area (Å²) in [6.45, 7) is 0.150. The molecule has 0 aromatic carbocycles. The summed E-state index contributed by atoms with van der Waals surface area (Å²) in [7, 11) is 1.82. The van der Waals surface area contributed by atoms with Crippen LogP contribution in [-0.4, -0.2) is 34.3 Å².